The first-order valence-corrected chi connectivity index (χ1v) is 6.77. The van der Waals surface area contributed by atoms with Crippen molar-refractivity contribution in [1.82, 2.24) is 14.9 Å². The SMILES string of the molecule is CCCC1CC1n1cncc1CNC(C)(C)C. The van der Waals surface area contributed by atoms with Gasteiger partial charge in [0.15, 0.2) is 0 Å². The summed E-state index contributed by atoms with van der Waals surface area (Å²) in [5.74, 6) is 0.891. The molecule has 0 aromatic carbocycles. The van der Waals surface area contributed by atoms with Gasteiger partial charge in [-0.05, 0) is 39.5 Å². The highest BCUT2D eigenvalue weighted by Gasteiger charge is 2.38. The van der Waals surface area contributed by atoms with Crippen LogP contribution in [0.3, 0.4) is 0 Å². The van der Waals surface area contributed by atoms with Crippen LogP contribution in [-0.4, -0.2) is 15.1 Å². The van der Waals surface area contributed by atoms with E-state index in [0.29, 0.717) is 6.04 Å². The number of imidazole rings is 1. The predicted octanol–water partition coefficient (Wildman–Crippen LogP) is 3.13. The summed E-state index contributed by atoms with van der Waals surface area (Å²) in [4.78, 5) is 4.30. The molecular formula is C14H25N3. The summed E-state index contributed by atoms with van der Waals surface area (Å²) in [6, 6.07) is 0.717. The van der Waals surface area contributed by atoms with E-state index in [4.69, 9.17) is 0 Å². The van der Waals surface area contributed by atoms with Crippen LogP contribution in [0.25, 0.3) is 0 Å². The third-order valence-corrected chi connectivity index (χ3v) is 3.45. The molecule has 1 heterocycles. The van der Waals surface area contributed by atoms with Crippen molar-refractivity contribution >= 4 is 0 Å². The second kappa shape index (κ2) is 4.81. The Morgan fingerprint density at radius 1 is 1.47 bits per heavy atom. The highest BCUT2D eigenvalue weighted by atomic mass is 15.1. The van der Waals surface area contributed by atoms with E-state index in [-0.39, 0.29) is 5.54 Å². The number of hydrogen-bond donors (Lipinski definition) is 1. The first kappa shape index (κ1) is 12.6. The Hall–Kier alpha value is -0.830. The summed E-state index contributed by atoms with van der Waals surface area (Å²) in [7, 11) is 0. The molecule has 1 aliphatic rings. The highest BCUT2D eigenvalue weighted by molar-refractivity contribution is 5.06. The lowest BCUT2D eigenvalue weighted by Gasteiger charge is -2.21. The van der Waals surface area contributed by atoms with Gasteiger partial charge in [-0.2, -0.15) is 0 Å². The lowest BCUT2D eigenvalue weighted by atomic mass is 10.1. The standard InChI is InChI=1S/C14H25N3/c1-5-6-11-7-13(11)17-10-15-8-12(17)9-16-14(2,3)4/h8,10-11,13,16H,5-7,9H2,1-4H3. The smallest absolute Gasteiger partial charge is 0.0951 e. The van der Waals surface area contributed by atoms with E-state index in [1.165, 1.54) is 25.0 Å². The topological polar surface area (TPSA) is 29.9 Å². The van der Waals surface area contributed by atoms with E-state index < -0.39 is 0 Å². The van der Waals surface area contributed by atoms with Crippen molar-refractivity contribution in [1.29, 1.82) is 0 Å². The van der Waals surface area contributed by atoms with E-state index in [0.717, 1.165) is 12.5 Å². The molecule has 0 spiro atoms. The third-order valence-electron chi connectivity index (χ3n) is 3.45. The van der Waals surface area contributed by atoms with Crippen LogP contribution in [0, 0.1) is 5.92 Å². The Morgan fingerprint density at radius 2 is 2.24 bits per heavy atom. The quantitative estimate of drug-likeness (QED) is 0.849. The molecule has 3 nitrogen and oxygen atoms in total. The fraction of sp³-hybridized carbons (Fsp3) is 0.786. The van der Waals surface area contributed by atoms with Gasteiger partial charge in [-0.1, -0.05) is 13.3 Å². The Labute approximate surface area is 105 Å². The monoisotopic (exact) mass is 235 g/mol. The van der Waals surface area contributed by atoms with Gasteiger partial charge in [0.1, 0.15) is 0 Å². The molecule has 0 saturated heterocycles. The molecular weight excluding hydrogens is 210 g/mol. The van der Waals surface area contributed by atoms with Gasteiger partial charge in [0.05, 0.1) is 12.0 Å². The Morgan fingerprint density at radius 3 is 2.88 bits per heavy atom. The molecule has 1 fully saturated rings. The summed E-state index contributed by atoms with van der Waals surface area (Å²) in [6.07, 6.45) is 7.99. The van der Waals surface area contributed by atoms with Crippen LogP contribution in [0.2, 0.25) is 0 Å². The normalized spacial score (nSPS) is 24.0. The summed E-state index contributed by atoms with van der Waals surface area (Å²) >= 11 is 0. The van der Waals surface area contributed by atoms with Crippen LogP contribution in [-0.2, 0) is 6.54 Å². The summed E-state index contributed by atoms with van der Waals surface area (Å²) in [5, 5.41) is 3.53. The van der Waals surface area contributed by atoms with Gasteiger partial charge < -0.3 is 9.88 Å². The van der Waals surface area contributed by atoms with Crippen LogP contribution in [0.1, 0.15) is 58.7 Å². The van der Waals surface area contributed by atoms with Crippen molar-refractivity contribution < 1.29 is 0 Å². The molecule has 17 heavy (non-hydrogen) atoms. The Kier molecular flexibility index (Phi) is 3.57. The molecule has 96 valence electrons. The molecule has 0 radical (unpaired) electrons. The van der Waals surface area contributed by atoms with Crippen molar-refractivity contribution in [2.45, 2.75) is 65.1 Å². The average molecular weight is 235 g/mol. The third kappa shape index (κ3) is 3.32. The molecule has 3 heteroatoms. The molecule has 2 rings (SSSR count). The van der Waals surface area contributed by atoms with Gasteiger partial charge >= 0.3 is 0 Å². The second-order valence-electron chi connectivity index (χ2n) is 6.25. The average Bonchev–Trinajstić information content (AvgIpc) is 2.84. The van der Waals surface area contributed by atoms with E-state index in [9.17, 15) is 0 Å². The molecule has 0 amide bonds. The highest BCUT2D eigenvalue weighted by Crippen LogP contribution is 2.46. The Bertz CT molecular complexity index is 362. The van der Waals surface area contributed by atoms with Gasteiger partial charge in [0.2, 0.25) is 0 Å². The molecule has 1 N–H and O–H groups in total. The van der Waals surface area contributed by atoms with Crippen LogP contribution in [0.5, 0.6) is 0 Å². The van der Waals surface area contributed by atoms with Gasteiger partial charge in [-0.15, -0.1) is 0 Å². The fourth-order valence-corrected chi connectivity index (χ4v) is 2.38. The van der Waals surface area contributed by atoms with Gasteiger partial charge in [-0.25, -0.2) is 4.98 Å². The predicted molar refractivity (Wildman–Crippen MR) is 70.9 cm³/mol. The summed E-state index contributed by atoms with van der Waals surface area (Å²) in [5.41, 5.74) is 1.49. The molecule has 1 aromatic rings. The Balaban J connectivity index is 1.94. The summed E-state index contributed by atoms with van der Waals surface area (Å²) < 4.78 is 2.37. The van der Waals surface area contributed by atoms with Crippen LogP contribution >= 0.6 is 0 Å². The van der Waals surface area contributed by atoms with Crippen molar-refractivity contribution in [3.05, 3.63) is 18.2 Å². The minimum atomic E-state index is 0.168. The van der Waals surface area contributed by atoms with Crippen molar-refractivity contribution in [3.8, 4) is 0 Å². The number of aromatic nitrogens is 2. The minimum absolute atomic E-state index is 0.168. The van der Waals surface area contributed by atoms with Crippen molar-refractivity contribution in [3.63, 3.8) is 0 Å². The largest absolute Gasteiger partial charge is 0.330 e. The lowest BCUT2D eigenvalue weighted by Crippen LogP contribution is -2.35. The number of nitrogens with one attached hydrogen (secondary N) is 1. The molecule has 0 aliphatic heterocycles. The van der Waals surface area contributed by atoms with Crippen molar-refractivity contribution in [2.24, 2.45) is 5.92 Å². The molecule has 1 aromatic heterocycles. The van der Waals surface area contributed by atoms with Crippen LogP contribution in [0.4, 0.5) is 0 Å². The maximum absolute atomic E-state index is 4.30. The number of rotatable bonds is 5. The molecule has 2 atom stereocenters. The maximum atomic E-state index is 4.30. The zero-order chi connectivity index (χ0) is 12.5. The number of hydrogen-bond acceptors (Lipinski definition) is 2. The first-order chi connectivity index (χ1) is 8.01. The second-order valence-corrected chi connectivity index (χ2v) is 6.25. The van der Waals surface area contributed by atoms with E-state index in [1.54, 1.807) is 0 Å². The van der Waals surface area contributed by atoms with E-state index in [1.807, 2.05) is 12.5 Å². The van der Waals surface area contributed by atoms with Gasteiger partial charge in [0.25, 0.3) is 0 Å². The number of nitrogens with zero attached hydrogens (tertiary/aromatic N) is 2. The molecule has 2 unspecified atom stereocenters. The molecule has 0 bridgehead atoms. The summed E-state index contributed by atoms with van der Waals surface area (Å²) in [6.45, 7) is 9.78. The molecule has 1 aliphatic carbocycles. The lowest BCUT2D eigenvalue weighted by molar-refractivity contribution is 0.414. The van der Waals surface area contributed by atoms with Crippen LogP contribution in [0.15, 0.2) is 12.5 Å². The fourth-order valence-electron chi connectivity index (χ4n) is 2.38. The maximum Gasteiger partial charge on any atom is 0.0951 e. The van der Waals surface area contributed by atoms with Crippen LogP contribution < -0.4 is 5.32 Å². The molecule has 1 saturated carbocycles. The minimum Gasteiger partial charge on any atom is -0.330 e. The van der Waals surface area contributed by atoms with E-state index in [2.05, 4.69) is 42.6 Å². The van der Waals surface area contributed by atoms with Gasteiger partial charge in [0, 0.05) is 24.3 Å². The van der Waals surface area contributed by atoms with Gasteiger partial charge in [-0.3, -0.25) is 0 Å². The zero-order valence-corrected chi connectivity index (χ0v) is 11.5. The first-order valence-electron chi connectivity index (χ1n) is 6.77. The van der Waals surface area contributed by atoms with Crippen molar-refractivity contribution in [2.75, 3.05) is 0 Å². The van der Waals surface area contributed by atoms with E-state index >= 15 is 0 Å². The zero-order valence-electron chi connectivity index (χ0n) is 11.5.